The fourth-order valence-electron chi connectivity index (χ4n) is 3.88. The number of carbonyl (C=O) groups excluding carboxylic acids is 1. The third kappa shape index (κ3) is 4.52. The number of aromatic hydroxyl groups is 1. The van der Waals surface area contributed by atoms with Crippen LogP contribution >= 0.6 is 0 Å². The molecular weight excluding hydrogens is 396 g/mol. The van der Waals surface area contributed by atoms with Gasteiger partial charge in [0.25, 0.3) is 5.91 Å². The summed E-state index contributed by atoms with van der Waals surface area (Å²) in [6.07, 6.45) is 1.17. The molecule has 4 N–H and O–H groups in total. The molecule has 160 valence electrons. The molecule has 1 aliphatic heterocycles. The van der Waals surface area contributed by atoms with E-state index in [0.717, 1.165) is 31.3 Å². The van der Waals surface area contributed by atoms with E-state index in [1.807, 2.05) is 0 Å². The van der Waals surface area contributed by atoms with Crippen molar-refractivity contribution in [2.75, 3.05) is 19.8 Å². The second-order valence-electron chi connectivity index (χ2n) is 7.79. The number of phenols is 1. The van der Waals surface area contributed by atoms with E-state index in [1.54, 1.807) is 30.3 Å². The molecule has 1 unspecified atom stereocenters. The zero-order valence-corrected chi connectivity index (χ0v) is 16.9. The number of benzene rings is 3. The number of hydrogen-bond donors (Lipinski definition) is 4. The summed E-state index contributed by atoms with van der Waals surface area (Å²) >= 11 is 0. The molecule has 7 heteroatoms. The van der Waals surface area contributed by atoms with Crippen LogP contribution in [0.4, 0.5) is 0 Å². The number of aromatic carboxylic acids is 1. The first-order valence-corrected chi connectivity index (χ1v) is 10.2. The van der Waals surface area contributed by atoms with Crippen LogP contribution in [-0.2, 0) is 0 Å². The molecule has 0 saturated carbocycles. The van der Waals surface area contributed by atoms with Gasteiger partial charge in [-0.1, -0.05) is 18.2 Å². The number of phenolic OH excluding ortho intramolecular Hbond substituents is 1. The molecule has 1 heterocycles. The van der Waals surface area contributed by atoms with Gasteiger partial charge in [0, 0.05) is 11.1 Å². The average molecular weight is 420 g/mol. The maximum absolute atomic E-state index is 12.6. The summed E-state index contributed by atoms with van der Waals surface area (Å²) in [6, 6.07) is 14.2. The monoisotopic (exact) mass is 420 g/mol. The minimum Gasteiger partial charge on any atom is -0.508 e. The third-order valence-electron chi connectivity index (χ3n) is 5.68. The maximum Gasteiger partial charge on any atom is 0.335 e. The molecule has 1 atom stereocenters. The molecule has 1 aliphatic rings. The van der Waals surface area contributed by atoms with E-state index in [0.29, 0.717) is 23.2 Å². The molecule has 1 amide bonds. The van der Waals surface area contributed by atoms with E-state index in [-0.39, 0.29) is 22.8 Å². The van der Waals surface area contributed by atoms with Crippen molar-refractivity contribution in [2.24, 2.45) is 0 Å². The minimum atomic E-state index is -1.14. The zero-order valence-electron chi connectivity index (χ0n) is 16.9. The Labute approximate surface area is 179 Å². The van der Waals surface area contributed by atoms with E-state index >= 15 is 0 Å². The van der Waals surface area contributed by atoms with Gasteiger partial charge in [-0.15, -0.1) is 0 Å². The molecule has 7 nitrogen and oxygen atoms in total. The lowest BCUT2D eigenvalue weighted by Gasteiger charge is -2.16. The normalized spacial score (nSPS) is 15.1. The Morgan fingerprint density at radius 3 is 2.29 bits per heavy atom. The number of hydrogen-bond acceptors (Lipinski definition) is 5. The Bertz CT molecular complexity index is 1120. The molecular formula is C24H24N2O5. The highest BCUT2D eigenvalue weighted by atomic mass is 16.4. The van der Waals surface area contributed by atoms with Crippen molar-refractivity contribution in [3.05, 3.63) is 76.9 Å². The van der Waals surface area contributed by atoms with Crippen LogP contribution in [0.25, 0.3) is 10.8 Å². The van der Waals surface area contributed by atoms with Gasteiger partial charge < -0.3 is 20.6 Å². The quantitative estimate of drug-likeness (QED) is 0.488. The van der Waals surface area contributed by atoms with E-state index in [1.165, 1.54) is 24.3 Å². The average Bonchev–Trinajstić information content (AvgIpc) is 3.30. The van der Waals surface area contributed by atoms with Gasteiger partial charge in [-0.05, 0) is 78.7 Å². The highest BCUT2D eigenvalue weighted by Gasteiger charge is 2.18. The number of carbonyl (C=O) groups is 2. The van der Waals surface area contributed by atoms with Crippen LogP contribution in [0.2, 0.25) is 0 Å². The second kappa shape index (κ2) is 8.75. The van der Waals surface area contributed by atoms with Crippen molar-refractivity contribution in [3.63, 3.8) is 0 Å². The molecule has 3 aromatic carbocycles. The van der Waals surface area contributed by atoms with Crippen molar-refractivity contribution in [1.29, 1.82) is 0 Å². The fraction of sp³-hybridized carbons (Fsp3) is 0.250. The summed E-state index contributed by atoms with van der Waals surface area (Å²) in [7, 11) is 0. The van der Waals surface area contributed by atoms with Crippen LogP contribution in [0.5, 0.6) is 5.75 Å². The smallest absolute Gasteiger partial charge is 0.335 e. The predicted molar refractivity (Wildman–Crippen MR) is 116 cm³/mol. The molecule has 0 aliphatic carbocycles. The van der Waals surface area contributed by atoms with Crippen LogP contribution < -0.4 is 5.32 Å². The summed E-state index contributed by atoms with van der Waals surface area (Å²) < 4.78 is 0. The van der Waals surface area contributed by atoms with Gasteiger partial charge in [0.1, 0.15) is 11.9 Å². The van der Waals surface area contributed by atoms with Crippen molar-refractivity contribution >= 4 is 22.6 Å². The third-order valence-corrected chi connectivity index (χ3v) is 5.68. The van der Waals surface area contributed by atoms with Crippen LogP contribution in [0.1, 0.15) is 50.8 Å². The summed E-state index contributed by atoms with van der Waals surface area (Å²) in [4.78, 5) is 25.8. The number of nitrogens with one attached hydrogen (secondary N) is 1. The van der Waals surface area contributed by atoms with Crippen molar-refractivity contribution in [2.45, 2.75) is 18.9 Å². The number of rotatable bonds is 6. The molecule has 0 bridgehead atoms. The van der Waals surface area contributed by atoms with Gasteiger partial charge in [0.2, 0.25) is 0 Å². The van der Waals surface area contributed by atoms with Crippen molar-refractivity contribution in [1.82, 2.24) is 10.2 Å². The number of aliphatic hydroxyl groups excluding tert-OH is 1. The van der Waals surface area contributed by atoms with Crippen LogP contribution in [0.15, 0.2) is 54.6 Å². The van der Waals surface area contributed by atoms with E-state index in [4.69, 9.17) is 5.11 Å². The number of nitrogens with zero attached hydrogens (tertiary/aromatic N) is 1. The van der Waals surface area contributed by atoms with Crippen molar-refractivity contribution in [3.8, 4) is 5.75 Å². The first-order valence-electron chi connectivity index (χ1n) is 10.2. The topological polar surface area (TPSA) is 110 Å². The Kier molecular flexibility index (Phi) is 5.88. The van der Waals surface area contributed by atoms with Gasteiger partial charge in [0.15, 0.2) is 0 Å². The van der Waals surface area contributed by atoms with Gasteiger partial charge >= 0.3 is 5.97 Å². The van der Waals surface area contributed by atoms with Gasteiger partial charge in [-0.3, -0.25) is 9.69 Å². The Morgan fingerprint density at radius 2 is 1.61 bits per heavy atom. The number of fused-ring (bicyclic) bond motifs is 1. The molecule has 1 saturated heterocycles. The first-order chi connectivity index (χ1) is 14.9. The molecule has 0 aromatic heterocycles. The van der Waals surface area contributed by atoms with E-state index in [2.05, 4.69) is 10.2 Å². The Hall–Kier alpha value is -3.42. The molecule has 4 rings (SSSR count). The number of carboxylic acid groups (broad SMARTS) is 1. The molecule has 0 radical (unpaired) electrons. The lowest BCUT2D eigenvalue weighted by atomic mass is 9.96. The summed E-state index contributed by atoms with van der Waals surface area (Å²) in [5, 5.41) is 34.6. The first kappa shape index (κ1) is 20.8. The molecule has 31 heavy (non-hydrogen) atoms. The fourth-order valence-corrected chi connectivity index (χ4v) is 3.88. The highest BCUT2D eigenvalue weighted by Crippen LogP contribution is 2.33. The van der Waals surface area contributed by atoms with Crippen LogP contribution in [-0.4, -0.2) is 51.9 Å². The zero-order chi connectivity index (χ0) is 22.0. The van der Waals surface area contributed by atoms with Crippen molar-refractivity contribution < 1.29 is 24.9 Å². The van der Waals surface area contributed by atoms with E-state index < -0.39 is 12.1 Å². The highest BCUT2D eigenvalue weighted by molar-refractivity contribution is 5.99. The maximum atomic E-state index is 12.6. The number of aliphatic hydroxyl groups is 1. The lowest BCUT2D eigenvalue weighted by Crippen LogP contribution is -2.35. The largest absolute Gasteiger partial charge is 0.508 e. The van der Waals surface area contributed by atoms with Gasteiger partial charge in [0.05, 0.1) is 12.2 Å². The predicted octanol–water partition coefficient (Wildman–Crippen LogP) is 3.11. The lowest BCUT2D eigenvalue weighted by molar-refractivity contribution is 0.0696. The summed E-state index contributed by atoms with van der Waals surface area (Å²) in [5.74, 6) is -1.30. The molecule has 3 aromatic rings. The number of carboxylic acids is 1. The Balaban J connectivity index is 1.58. The SMILES string of the molecule is O=C(O)c1ccc(C(O)c2cc3cc(C(=O)NCN4CCCC4)ccc3cc2O)cc1. The number of amides is 1. The van der Waals surface area contributed by atoms with Gasteiger partial charge in [-0.2, -0.15) is 0 Å². The van der Waals surface area contributed by atoms with Crippen LogP contribution in [0.3, 0.4) is 0 Å². The number of likely N-dealkylation sites (tertiary alicyclic amines) is 1. The second-order valence-corrected chi connectivity index (χ2v) is 7.79. The minimum absolute atomic E-state index is 0.0754. The standard InChI is InChI=1S/C24H24N2O5/c27-21-13-17-7-8-18(23(29)25-14-26-9-1-2-10-26)11-19(17)12-20(21)22(28)15-3-5-16(6-4-15)24(30)31/h3-8,11-13,22,27-28H,1-2,9-10,14H2,(H,25,29)(H,30,31). The van der Waals surface area contributed by atoms with E-state index in [9.17, 15) is 19.8 Å². The Morgan fingerprint density at radius 1 is 0.935 bits per heavy atom. The van der Waals surface area contributed by atoms with Gasteiger partial charge in [-0.25, -0.2) is 4.79 Å². The van der Waals surface area contributed by atoms with Crippen LogP contribution in [0, 0.1) is 0 Å². The molecule has 1 fully saturated rings. The summed E-state index contributed by atoms with van der Waals surface area (Å²) in [6.45, 7) is 2.50. The molecule has 0 spiro atoms. The summed E-state index contributed by atoms with van der Waals surface area (Å²) in [5.41, 5.74) is 1.36.